The monoisotopic (exact) mass is 245 g/mol. The van der Waals surface area contributed by atoms with Gasteiger partial charge < -0.3 is 14.8 Å². The van der Waals surface area contributed by atoms with E-state index in [1.165, 1.54) is 5.56 Å². The van der Waals surface area contributed by atoms with E-state index in [-0.39, 0.29) is 6.04 Å². The molecule has 3 nitrogen and oxygen atoms in total. The molecule has 0 saturated carbocycles. The molecule has 0 spiro atoms. The zero-order valence-corrected chi connectivity index (χ0v) is 11.2. The molecule has 2 N–H and O–H groups in total. The summed E-state index contributed by atoms with van der Waals surface area (Å²) in [5, 5.41) is 12.8. The maximum atomic E-state index is 9.39. The molecule has 0 radical (unpaired) electrons. The summed E-state index contributed by atoms with van der Waals surface area (Å²) in [5.41, 5.74) is 3.22. The van der Waals surface area contributed by atoms with Crippen LogP contribution in [0, 0.1) is 20.8 Å². The summed E-state index contributed by atoms with van der Waals surface area (Å²) < 4.78 is 5.54. The largest absolute Gasteiger partial charge is 0.508 e. The zero-order valence-electron chi connectivity index (χ0n) is 11.2. The van der Waals surface area contributed by atoms with E-state index in [0.717, 1.165) is 22.8 Å². The third-order valence-corrected chi connectivity index (χ3v) is 3.13. The van der Waals surface area contributed by atoms with Gasteiger partial charge in [0.2, 0.25) is 0 Å². The lowest BCUT2D eigenvalue weighted by atomic mass is 10.1. The van der Waals surface area contributed by atoms with Gasteiger partial charge in [0, 0.05) is 11.3 Å². The molecule has 2 aromatic rings. The number of furan rings is 1. The average molecular weight is 245 g/mol. The second kappa shape index (κ2) is 4.77. The Kier molecular flexibility index (Phi) is 3.32. The average Bonchev–Trinajstić information content (AvgIpc) is 2.62. The van der Waals surface area contributed by atoms with Crippen molar-refractivity contribution in [2.75, 3.05) is 5.32 Å². The summed E-state index contributed by atoms with van der Waals surface area (Å²) in [6, 6.07) is 7.57. The highest BCUT2D eigenvalue weighted by Crippen LogP contribution is 2.27. The number of hydrogen-bond acceptors (Lipinski definition) is 3. The minimum atomic E-state index is 0.172. The van der Waals surface area contributed by atoms with E-state index in [4.69, 9.17) is 4.42 Å². The number of aryl methyl sites for hydroxylation is 3. The second-order valence-corrected chi connectivity index (χ2v) is 4.73. The third-order valence-electron chi connectivity index (χ3n) is 3.13. The standard InChI is InChI=1S/C15H19NO2/c1-9-7-13(17)5-6-15(9)16-11(3)14-8-10(2)18-12(14)4/h5-8,11,16-17H,1-4H3. The van der Waals surface area contributed by atoms with E-state index in [2.05, 4.69) is 18.3 Å². The van der Waals surface area contributed by atoms with E-state index in [0.29, 0.717) is 5.75 Å². The van der Waals surface area contributed by atoms with E-state index in [1.807, 2.05) is 26.8 Å². The number of phenolic OH excluding ortho intramolecular Hbond substituents is 1. The highest BCUT2D eigenvalue weighted by molar-refractivity contribution is 5.54. The van der Waals surface area contributed by atoms with Crippen LogP contribution in [0.3, 0.4) is 0 Å². The summed E-state index contributed by atoms with van der Waals surface area (Å²) in [5.74, 6) is 2.17. The minimum absolute atomic E-state index is 0.172. The number of hydrogen-bond donors (Lipinski definition) is 2. The lowest BCUT2D eigenvalue weighted by Crippen LogP contribution is -2.07. The first-order chi connectivity index (χ1) is 8.47. The van der Waals surface area contributed by atoms with Crippen LogP contribution in [0.5, 0.6) is 5.75 Å². The van der Waals surface area contributed by atoms with Crippen molar-refractivity contribution in [3.8, 4) is 5.75 Å². The Morgan fingerprint density at radius 3 is 2.44 bits per heavy atom. The molecule has 1 unspecified atom stereocenters. The molecule has 0 fully saturated rings. The first kappa shape index (κ1) is 12.6. The smallest absolute Gasteiger partial charge is 0.115 e. The van der Waals surface area contributed by atoms with Gasteiger partial charge in [-0.2, -0.15) is 0 Å². The Morgan fingerprint density at radius 2 is 1.89 bits per heavy atom. The van der Waals surface area contributed by atoms with Gasteiger partial charge in [-0.05, 0) is 57.5 Å². The maximum Gasteiger partial charge on any atom is 0.115 e. The quantitative estimate of drug-likeness (QED) is 0.801. The first-order valence-corrected chi connectivity index (χ1v) is 6.10. The number of rotatable bonds is 3. The van der Waals surface area contributed by atoms with Gasteiger partial charge in [-0.1, -0.05) is 0 Å². The van der Waals surface area contributed by atoms with Gasteiger partial charge in [0.1, 0.15) is 17.3 Å². The van der Waals surface area contributed by atoms with Gasteiger partial charge in [-0.25, -0.2) is 0 Å². The van der Waals surface area contributed by atoms with Crippen LogP contribution in [0.15, 0.2) is 28.7 Å². The topological polar surface area (TPSA) is 45.4 Å². The predicted molar refractivity (Wildman–Crippen MR) is 73.1 cm³/mol. The zero-order chi connectivity index (χ0) is 13.3. The number of aromatic hydroxyl groups is 1. The van der Waals surface area contributed by atoms with Crippen LogP contribution in [0.1, 0.15) is 35.6 Å². The number of anilines is 1. The van der Waals surface area contributed by atoms with E-state index < -0.39 is 0 Å². The predicted octanol–water partition coefficient (Wildman–Crippen LogP) is 4.08. The van der Waals surface area contributed by atoms with E-state index in [9.17, 15) is 5.11 Å². The van der Waals surface area contributed by atoms with Gasteiger partial charge in [-0.15, -0.1) is 0 Å². The molecular formula is C15H19NO2. The fourth-order valence-corrected chi connectivity index (χ4v) is 2.20. The summed E-state index contributed by atoms with van der Waals surface area (Å²) >= 11 is 0. The SMILES string of the molecule is Cc1cc(C(C)Nc2ccc(O)cc2C)c(C)o1. The van der Waals surface area contributed by atoms with Crippen molar-refractivity contribution < 1.29 is 9.52 Å². The molecule has 1 aromatic heterocycles. The van der Waals surface area contributed by atoms with Crippen molar-refractivity contribution in [1.82, 2.24) is 0 Å². The second-order valence-electron chi connectivity index (χ2n) is 4.73. The number of nitrogens with one attached hydrogen (secondary N) is 1. The van der Waals surface area contributed by atoms with Crippen molar-refractivity contribution >= 4 is 5.69 Å². The van der Waals surface area contributed by atoms with Gasteiger partial charge in [0.25, 0.3) is 0 Å². The van der Waals surface area contributed by atoms with Crippen LogP contribution in [0.2, 0.25) is 0 Å². The van der Waals surface area contributed by atoms with Crippen molar-refractivity contribution in [3.05, 3.63) is 46.9 Å². The summed E-state index contributed by atoms with van der Waals surface area (Å²) in [6.07, 6.45) is 0. The molecule has 0 aliphatic rings. The number of phenols is 1. The molecule has 1 atom stereocenters. The highest BCUT2D eigenvalue weighted by atomic mass is 16.3. The van der Waals surface area contributed by atoms with Gasteiger partial charge in [0.15, 0.2) is 0 Å². The third kappa shape index (κ3) is 2.50. The Morgan fingerprint density at radius 1 is 1.17 bits per heavy atom. The van der Waals surface area contributed by atoms with Crippen LogP contribution in [-0.4, -0.2) is 5.11 Å². The van der Waals surface area contributed by atoms with Gasteiger partial charge in [0.05, 0.1) is 6.04 Å². The Labute approximate surface area is 107 Å². The van der Waals surface area contributed by atoms with Crippen LogP contribution >= 0.6 is 0 Å². The Bertz CT molecular complexity index is 558. The van der Waals surface area contributed by atoms with Crippen LogP contribution < -0.4 is 5.32 Å². The van der Waals surface area contributed by atoms with Gasteiger partial charge in [-0.3, -0.25) is 0 Å². The summed E-state index contributed by atoms with van der Waals surface area (Å²) in [7, 11) is 0. The molecule has 3 heteroatoms. The van der Waals surface area contributed by atoms with E-state index >= 15 is 0 Å². The summed E-state index contributed by atoms with van der Waals surface area (Å²) in [4.78, 5) is 0. The molecule has 1 heterocycles. The molecule has 18 heavy (non-hydrogen) atoms. The first-order valence-electron chi connectivity index (χ1n) is 6.10. The summed E-state index contributed by atoms with van der Waals surface area (Å²) in [6.45, 7) is 8.01. The fraction of sp³-hybridized carbons (Fsp3) is 0.333. The van der Waals surface area contributed by atoms with Crippen LogP contribution in [-0.2, 0) is 0 Å². The lowest BCUT2D eigenvalue weighted by Gasteiger charge is -2.16. The lowest BCUT2D eigenvalue weighted by molar-refractivity contribution is 0.475. The fourth-order valence-electron chi connectivity index (χ4n) is 2.20. The molecule has 0 aliphatic heterocycles. The maximum absolute atomic E-state index is 9.39. The van der Waals surface area contributed by atoms with Crippen molar-refractivity contribution in [1.29, 1.82) is 0 Å². The van der Waals surface area contributed by atoms with Crippen molar-refractivity contribution in [2.45, 2.75) is 33.7 Å². The molecule has 0 aliphatic carbocycles. The molecule has 2 rings (SSSR count). The Balaban J connectivity index is 2.21. The van der Waals surface area contributed by atoms with Crippen molar-refractivity contribution in [2.24, 2.45) is 0 Å². The highest BCUT2D eigenvalue weighted by Gasteiger charge is 2.13. The van der Waals surface area contributed by atoms with E-state index in [1.54, 1.807) is 12.1 Å². The number of benzene rings is 1. The molecule has 0 amide bonds. The minimum Gasteiger partial charge on any atom is -0.508 e. The Hall–Kier alpha value is -1.90. The molecular weight excluding hydrogens is 226 g/mol. The molecule has 0 saturated heterocycles. The normalized spacial score (nSPS) is 12.4. The molecule has 1 aromatic carbocycles. The van der Waals surface area contributed by atoms with Crippen molar-refractivity contribution in [3.63, 3.8) is 0 Å². The van der Waals surface area contributed by atoms with Crippen LogP contribution in [0.4, 0.5) is 5.69 Å². The molecule has 96 valence electrons. The molecule has 0 bridgehead atoms. The van der Waals surface area contributed by atoms with Gasteiger partial charge >= 0.3 is 0 Å². The van der Waals surface area contributed by atoms with Crippen LogP contribution in [0.25, 0.3) is 0 Å².